The summed E-state index contributed by atoms with van der Waals surface area (Å²) >= 11 is 12.4. The molecule has 0 aliphatic heterocycles. The smallest absolute Gasteiger partial charge is 0.291 e. The van der Waals surface area contributed by atoms with Gasteiger partial charge in [-0.05, 0) is 96.8 Å². The van der Waals surface area contributed by atoms with Crippen LogP contribution in [0.3, 0.4) is 0 Å². The van der Waals surface area contributed by atoms with Crippen LogP contribution in [0, 0.1) is 5.92 Å². The number of hydrogen-bond donors (Lipinski definition) is 4. The summed E-state index contributed by atoms with van der Waals surface area (Å²) in [6, 6.07) is 27.0. The summed E-state index contributed by atoms with van der Waals surface area (Å²) in [4.78, 5) is 49.4. The first-order chi connectivity index (χ1) is 27.6. The van der Waals surface area contributed by atoms with Gasteiger partial charge in [0.2, 0.25) is 11.8 Å². The first kappa shape index (κ1) is 44.0. The molecule has 0 spiro atoms. The van der Waals surface area contributed by atoms with Gasteiger partial charge in [0.25, 0.3) is 14.8 Å². The highest BCUT2D eigenvalue weighted by molar-refractivity contribution is 6.65. The number of hydrogen-bond acceptors (Lipinski definition) is 9. The molecule has 0 aliphatic carbocycles. The molecule has 0 bridgehead atoms. The molecule has 2 amide bonds. The molecule has 2 radical (unpaired) electrons. The van der Waals surface area contributed by atoms with Crippen LogP contribution in [0.1, 0.15) is 37.1 Å². The van der Waals surface area contributed by atoms with E-state index in [1.54, 1.807) is 48.7 Å². The molecular formula is C39H40B2Cl2N10O4. The molecule has 1 heterocycles. The van der Waals surface area contributed by atoms with Crippen LogP contribution in [0.4, 0.5) is 17.1 Å². The maximum Gasteiger partial charge on any atom is 0.291 e. The quantitative estimate of drug-likeness (QED) is 0.0233. The lowest BCUT2D eigenvalue weighted by Crippen LogP contribution is -2.44. The Balaban J connectivity index is 0.000000261. The Kier molecular flexibility index (Phi) is 18.0. The van der Waals surface area contributed by atoms with E-state index in [4.69, 9.17) is 28.7 Å². The number of nitrogens with one attached hydrogen (secondary N) is 4. The average Bonchev–Trinajstić information content (AvgIpc) is 3.69. The van der Waals surface area contributed by atoms with Gasteiger partial charge in [0.05, 0.1) is 42.0 Å². The lowest BCUT2D eigenvalue weighted by molar-refractivity contribution is -0.118. The van der Waals surface area contributed by atoms with Crippen LogP contribution in [0.25, 0.3) is 16.1 Å². The van der Waals surface area contributed by atoms with Gasteiger partial charge >= 0.3 is 0 Å². The minimum atomic E-state index is -0.679. The van der Waals surface area contributed by atoms with Gasteiger partial charge in [-0.1, -0.05) is 95.9 Å². The molecule has 0 saturated heterocycles. The zero-order valence-electron chi connectivity index (χ0n) is 31.3. The molecule has 0 fully saturated rings. The number of aryl methyl sites for hydroxylation is 1. The fraction of sp³-hybridized carbons (Fsp3) is 0.231. The van der Waals surface area contributed by atoms with Crippen molar-refractivity contribution in [3.05, 3.63) is 141 Å². The Labute approximate surface area is 342 Å². The van der Waals surface area contributed by atoms with Crippen molar-refractivity contribution < 1.29 is 19.2 Å². The Bertz CT molecular complexity index is 2130. The van der Waals surface area contributed by atoms with E-state index in [1.165, 1.54) is 14.8 Å². The van der Waals surface area contributed by atoms with Gasteiger partial charge < -0.3 is 30.7 Å². The number of halogens is 2. The summed E-state index contributed by atoms with van der Waals surface area (Å²) in [5.41, 5.74) is 13.5. The molecule has 290 valence electrons. The minimum absolute atomic E-state index is 0.269. The number of amides is 2. The topological polar surface area (TPSA) is 196 Å². The molecule has 1 aromatic heterocycles. The van der Waals surface area contributed by atoms with Crippen molar-refractivity contribution in [3.63, 3.8) is 0 Å². The second-order valence-corrected chi connectivity index (χ2v) is 13.8. The van der Waals surface area contributed by atoms with Crippen molar-refractivity contribution in [2.75, 3.05) is 10.6 Å². The highest BCUT2D eigenvalue weighted by atomic mass is 35.5. The lowest BCUT2D eigenvalue weighted by Gasteiger charge is -2.18. The van der Waals surface area contributed by atoms with Gasteiger partial charge in [0, 0.05) is 32.0 Å². The molecule has 2 atom stereocenters. The number of carbonyl (C=O) groups excluding carboxylic acids is 4. The van der Waals surface area contributed by atoms with E-state index in [0.29, 0.717) is 58.2 Å². The van der Waals surface area contributed by atoms with E-state index in [9.17, 15) is 19.2 Å². The number of azide groups is 1. The lowest BCUT2D eigenvalue weighted by atomic mass is 9.93. The van der Waals surface area contributed by atoms with Gasteiger partial charge in [-0.3, -0.25) is 9.59 Å². The molecule has 57 heavy (non-hydrogen) atoms. The minimum Gasteiger partial charge on any atom is -0.343 e. The SMILES string of the molecule is CC(C)CCc1cnnn1-c1ccc(NC(=O)[C@H](Cc2ccccc2Cl)N[B]C=O)cc1.[N-]=[N+]=Nc1ccc(NC(=O)[C@H](Cc2ccccc2Cl)N[B]C=O)cc1. The second-order valence-electron chi connectivity index (χ2n) is 13.0. The van der Waals surface area contributed by atoms with Crippen LogP contribution in [-0.4, -0.2) is 66.1 Å². The standard InChI is InChI=1S/C23H26BClN5O2.C16H14BClN5O2/c1-16(2)7-10-20-14-26-29-30(20)19-11-8-18(9-12-19)27-23(32)22(28-24-15-31)13-17-5-3-4-6-21(17)25;18-14-4-2-1-3-11(14)9-15(21-17-10-24)16(25)20-12-5-7-13(8-6-12)22-23-19/h3-6,8-9,11-12,14-16,22,28H,7,10,13H2,1-2H3,(H,27,32);1-8,10,15,21H,9H2,(H,20,25)/t22-;15-/m00/s1. The Hall–Kier alpha value is -5.76. The number of rotatable bonds is 19. The number of benzene rings is 4. The van der Waals surface area contributed by atoms with Crippen LogP contribution in [0.2, 0.25) is 10.0 Å². The third-order valence-corrected chi connectivity index (χ3v) is 9.14. The van der Waals surface area contributed by atoms with Gasteiger partial charge in [0.15, 0.2) is 0 Å². The number of nitrogens with zero attached hydrogens (tertiary/aromatic N) is 6. The summed E-state index contributed by atoms with van der Waals surface area (Å²) in [6.07, 6.45) is 5.56. The molecule has 4 aromatic carbocycles. The molecule has 5 rings (SSSR count). The van der Waals surface area contributed by atoms with Crippen molar-refractivity contribution >= 4 is 79.3 Å². The van der Waals surface area contributed by atoms with E-state index < -0.39 is 12.1 Å². The normalized spacial score (nSPS) is 11.5. The third-order valence-electron chi connectivity index (χ3n) is 8.40. The van der Waals surface area contributed by atoms with Crippen molar-refractivity contribution in [2.24, 2.45) is 11.0 Å². The maximum absolute atomic E-state index is 12.9. The Morgan fingerprint density at radius 3 is 1.74 bits per heavy atom. The van der Waals surface area contributed by atoms with E-state index in [0.717, 1.165) is 35.3 Å². The predicted molar refractivity (Wildman–Crippen MR) is 226 cm³/mol. The first-order valence-corrected chi connectivity index (χ1v) is 18.7. The van der Waals surface area contributed by atoms with Gasteiger partial charge in [-0.2, -0.15) is 0 Å². The number of carbonyl (C=O) groups is 4. The molecule has 4 N–H and O–H groups in total. The molecule has 5 aromatic rings. The van der Waals surface area contributed by atoms with Crippen LogP contribution in [-0.2, 0) is 38.4 Å². The van der Waals surface area contributed by atoms with Gasteiger partial charge in [-0.15, -0.1) is 5.10 Å². The molecule has 0 unspecified atom stereocenters. The van der Waals surface area contributed by atoms with E-state index in [-0.39, 0.29) is 11.8 Å². The fourth-order valence-corrected chi connectivity index (χ4v) is 5.85. The maximum atomic E-state index is 12.9. The van der Waals surface area contributed by atoms with E-state index >= 15 is 0 Å². The molecule has 0 aliphatic rings. The molecular weight excluding hydrogens is 765 g/mol. The van der Waals surface area contributed by atoms with Crippen molar-refractivity contribution in [3.8, 4) is 5.69 Å². The zero-order valence-corrected chi connectivity index (χ0v) is 32.8. The molecule has 14 nitrogen and oxygen atoms in total. The third kappa shape index (κ3) is 14.4. The number of anilines is 2. The highest BCUT2D eigenvalue weighted by Gasteiger charge is 2.21. The average molecular weight is 805 g/mol. The largest absolute Gasteiger partial charge is 0.343 e. The second kappa shape index (κ2) is 23.3. The number of aromatic nitrogens is 3. The van der Waals surface area contributed by atoms with E-state index in [2.05, 4.69) is 55.3 Å². The Morgan fingerprint density at radius 2 is 1.28 bits per heavy atom. The van der Waals surface area contributed by atoms with Crippen molar-refractivity contribution in [1.29, 1.82) is 0 Å². The van der Waals surface area contributed by atoms with Gasteiger partial charge in [0.1, 0.15) is 0 Å². The van der Waals surface area contributed by atoms with Gasteiger partial charge in [-0.25, -0.2) is 4.68 Å². The van der Waals surface area contributed by atoms with E-state index in [1.807, 2.05) is 59.3 Å². The summed E-state index contributed by atoms with van der Waals surface area (Å²) in [6.45, 7) is 4.37. The summed E-state index contributed by atoms with van der Waals surface area (Å²) < 4.78 is 1.81. The Morgan fingerprint density at radius 1 is 0.789 bits per heavy atom. The van der Waals surface area contributed by atoms with Crippen molar-refractivity contribution in [1.82, 2.24) is 25.4 Å². The first-order valence-electron chi connectivity index (χ1n) is 17.9. The van der Waals surface area contributed by atoms with Crippen molar-refractivity contribution in [2.45, 2.75) is 51.6 Å². The predicted octanol–water partition coefficient (Wildman–Crippen LogP) is 6.69. The fourth-order valence-electron chi connectivity index (χ4n) is 5.42. The van der Waals surface area contributed by atoms with Crippen LogP contribution in [0.5, 0.6) is 0 Å². The van der Waals surface area contributed by atoms with Crippen LogP contribution >= 0.6 is 23.2 Å². The monoisotopic (exact) mass is 804 g/mol. The highest BCUT2D eigenvalue weighted by Crippen LogP contribution is 2.21. The zero-order chi connectivity index (χ0) is 41.0. The molecule has 18 heteroatoms. The summed E-state index contributed by atoms with van der Waals surface area (Å²) in [7, 11) is 2.39. The van der Waals surface area contributed by atoms with Crippen LogP contribution in [0.15, 0.2) is 108 Å². The molecule has 0 saturated carbocycles. The summed E-state index contributed by atoms with van der Waals surface area (Å²) in [5.74, 6) is 0.00317. The summed E-state index contributed by atoms with van der Waals surface area (Å²) in [5, 5.41) is 24.1. The van der Waals surface area contributed by atoms with Crippen LogP contribution < -0.4 is 21.1 Å².